The third kappa shape index (κ3) is 7.78. The number of aromatic nitrogens is 4. The summed E-state index contributed by atoms with van der Waals surface area (Å²) in [5, 5.41) is 6.36. The molecule has 2 aromatic carbocycles. The zero-order chi connectivity index (χ0) is 31.7. The predicted molar refractivity (Wildman–Crippen MR) is 177 cm³/mol. The second-order valence-electron chi connectivity index (χ2n) is 11.7. The quantitative estimate of drug-likeness (QED) is 0.203. The molecule has 1 aliphatic carbocycles. The van der Waals surface area contributed by atoms with Crippen LogP contribution in [0.15, 0.2) is 61.1 Å². The summed E-state index contributed by atoms with van der Waals surface area (Å²) in [5.41, 5.74) is 3.82. The minimum Gasteiger partial charge on any atom is -0.495 e. The van der Waals surface area contributed by atoms with Crippen molar-refractivity contribution in [1.29, 1.82) is 0 Å². The summed E-state index contributed by atoms with van der Waals surface area (Å²) in [6, 6.07) is 15.2. The summed E-state index contributed by atoms with van der Waals surface area (Å²) < 4.78 is 17.3. The van der Waals surface area contributed by atoms with Crippen LogP contribution < -0.4 is 20.1 Å². The average Bonchev–Trinajstić information content (AvgIpc) is 3.10. The molecule has 1 aliphatic heterocycles. The molecule has 11 nitrogen and oxygen atoms in total. The molecular formula is C35H41N7O4. The maximum Gasteiger partial charge on any atom is 0.255 e. The number of pyridine rings is 1. The molecule has 0 radical (unpaired) electrons. The number of aryl methyl sites for hydroxylation is 1. The van der Waals surface area contributed by atoms with Crippen LogP contribution in [0.1, 0.15) is 59.5 Å². The first kappa shape index (κ1) is 31.4. The fourth-order valence-electron chi connectivity index (χ4n) is 5.97. The minimum atomic E-state index is -0.254. The van der Waals surface area contributed by atoms with E-state index < -0.39 is 0 Å². The molecule has 2 N–H and O–H groups in total. The van der Waals surface area contributed by atoms with Crippen LogP contribution in [0.25, 0.3) is 11.4 Å². The summed E-state index contributed by atoms with van der Waals surface area (Å²) in [6.07, 6.45) is 9.24. The van der Waals surface area contributed by atoms with E-state index in [9.17, 15) is 4.79 Å². The van der Waals surface area contributed by atoms with E-state index in [1.165, 1.54) is 44.0 Å². The number of morpholine rings is 1. The summed E-state index contributed by atoms with van der Waals surface area (Å²) in [7, 11) is 1.62. The Hall–Kier alpha value is -4.61. The molecule has 4 aromatic rings. The largest absolute Gasteiger partial charge is 0.495 e. The number of hydrogen-bond acceptors (Lipinski definition) is 10. The van der Waals surface area contributed by atoms with Crippen molar-refractivity contribution >= 4 is 17.5 Å². The van der Waals surface area contributed by atoms with Gasteiger partial charge in [0.25, 0.3) is 5.91 Å². The predicted octanol–water partition coefficient (Wildman–Crippen LogP) is 6.09. The molecule has 1 saturated heterocycles. The van der Waals surface area contributed by atoms with Crippen LogP contribution in [0.3, 0.4) is 0 Å². The maximum atomic E-state index is 13.5. The van der Waals surface area contributed by atoms with Crippen molar-refractivity contribution < 1.29 is 19.0 Å². The molecular weight excluding hydrogens is 582 g/mol. The van der Waals surface area contributed by atoms with Crippen molar-refractivity contribution in [3.05, 3.63) is 77.7 Å². The van der Waals surface area contributed by atoms with Crippen molar-refractivity contribution in [1.82, 2.24) is 24.8 Å². The molecule has 0 unspecified atom stereocenters. The Balaban J connectivity index is 1.17. The zero-order valence-corrected chi connectivity index (χ0v) is 26.5. The van der Waals surface area contributed by atoms with Crippen molar-refractivity contribution in [2.75, 3.05) is 57.1 Å². The first-order chi connectivity index (χ1) is 22.6. The van der Waals surface area contributed by atoms with Gasteiger partial charge in [0.05, 0.1) is 31.6 Å². The Morgan fingerprint density at radius 1 is 1.00 bits per heavy atom. The molecule has 2 aromatic heterocycles. The monoisotopic (exact) mass is 623 g/mol. The van der Waals surface area contributed by atoms with Gasteiger partial charge in [-0.2, -0.15) is 4.98 Å². The van der Waals surface area contributed by atoms with Crippen molar-refractivity contribution in [2.45, 2.75) is 44.9 Å². The first-order valence-corrected chi connectivity index (χ1v) is 16.0. The topological polar surface area (TPSA) is 124 Å². The van der Waals surface area contributed by atoms with Gasteiger partial charge in [-0.15, -0.1) is 0 Å². The highest BCUT2D eigenvalue weighted by molar-refractivity contribution is 6.05. The zero-order valence-electron chi connectivity index (χ0n) is 26.5. The molecule has 11 heteroatoms. The number of hydrogen-bond donors (Lipinski definition) is 2. The van der Waals surface area contributed by atoms with Gasteiger partial charge in [-0.25, -0.2) is 15.0 Å². The fraction of sp³-hybridized carbons (Fsp3) is 0.400. The van der Waals surface area contributed by atoms with Gasteiger partial charge in [0.2, 0.25) is 11.8 Å². The van der Waals surface area contributed by atoms with Gasteiger partial charge in [-0.1, -0.05) is 31.4 Å². The van der Waals surface area contributed by atoms with Gasteiger partial charge < -0.3 is 24.8 Å². The fourth-order valence-corrected chi connectivity index (χ4v) is 5.97. The molecule has 6 rings (SSSR count). The summed E-state index contributed by atoms with van der Waals surface area (Å²) >= 11 is 0. The number of nitrogens with zero attached hydrogens (tertiary/aromatic N) is 5. The van der Waals surface area contributed by atoms with E-state index in [0.29, 0.717) is 58.4 Å². The van der Waals surface area contributed by atoms with E-state index >= 15 is 0 Å². The van der Waals surface area contributed by atoms with E-state index in [2.05, 4.69) is 47.6 Å². The van der Waals surface area contributed by atoms with E-state index in [1.807, 2.05) is 31.2 Å². The molecule has 240 valence electrons. The highest BCUT2D eigenvalue weighted by atomic mass is 16.5. The second kappa shape index (κ2) is 15.1. The number of nitrogens with one attached hydrogen (secondary N) is 2. The number of rotatable bonds is 11. The van der Waals surface area contributed by atoms with Gasteiger partial charge in [0, 0.05) is 37.9 Å². The van der Waals surface area contributed by atoms with Gasteiger partial charge in [-0.05, 0) is 73.2 Å². The third-order valence-corrected chi connectivity index (χ3v) is 8.60. The highest BCUT2D eigenvalue weighted by Crippen LogP contribution is 2.37. The van der Waals surface area contributed by atoms with Crippen molar-refractivity contribution in [2.24, 2.45) is 0 Å². The van der Waals surface area contributed by atoms with Crippen LogP contribution in [0, 0.1) is 6.92 Å². The Morgan fingerprint density at radius 3 is 2.67 bits per heavy atom. The smallest absolute Gasteiger partial charge is 0.255 e. The first-order valence-electron chi connectivity index (χ1n) is 16.0. The maximum absolute atomic E-state index is 13.5. The van der Waals surface area contributed by atoms with Crippen LogP contribution >= 0.6 is 0 Å². The molecule has 2 fully saturated rings. The Morgan fingerprint density at radius 2 is 1.85 bits per heavy atom. The van der Waals surface area contributed by atoms with Gasteiger partial charge in [0.15, 0.2) is 5.82 Å². The lowest BCUT2D eigenvalue weighted by Crippen LogP contribution is -2.39. The van der Waals surface area contributed by atoms with Crippen LogP contribution in [0.4, 0.5) is 11.6 Å². The molecule has 0 spiro atoms. The Bertz CT molecular complexity index is 1640. The summed E-state index contributed by atoms with van der Waals surface area (Å²) in [6.45, 7) is 6.86. The van der Waals surface area contributed by atoms with Gasteiger partial charge >= 0.3 is 0 Å². The third-order valence-electron chi connectivity index (χ3n) is 8.60. The van der Waals surface area contributed by atoms with E-state index in [4.69, 9.17) is 14.2 Å². The molecule has 3 heterocycles. The average molecular weight is 624 g/mol. The minimum absolute atomic E-state index is 0.254. The standard InChI is InChI=1S/C35H41N7O4/c1-24-10-11-27(33(43)40-29-21-26(12-13-30(29)44-2)25-7-4-3-5-8-25)22-31(24)46-34-28(9-6-14-36-34)32-38-23-39-35(41-32)37-15-16-42-17-19-45-20-18-42/h6,9-14,21-23,25H,3-5,7-8,15-20H2,1-2H3,(H,40,43)(H,37,38,39,41). The summed E-state index contributed by atoms with van der Waals surface area (Å²) in [5.74, 6) is 2.63. The van der Waals surface area contributed by atoms with Gasteiger partial charge in [0.1, 0.15) is 17.8 Å². The molecule has 46 heavy (non-hydrogen) atoms. The number of benzene rings is 2. The molecule has 1 amide bonds. The van der Waals surface area contributed by atoms with Crippen LogP contribution in [0.5, 0.6) is 17.4 Å². The number of amides is 1. The molecule has 1 saturated carbocycles. The van der Waals surface area contributed by atoms with E-state index in [1.54, 1.807) is 25.4 Å². The molecule has 0 atom stereocenters. The number of carbonyl (C=O) groups excluding carboxylic acids is 1. The van der Waals surface area contributed by atoms with Gasteiger partial charge in [-0.3, -0.25) is 9.69 Å². The normalized spacial score (nSPS) is 15.7. The van der Waals surface area contributed by atoms with Crippen molar-refractivity contribution in [3.63, 3.8) is 0 Å². The number of ether oxygens (including phenoxy) is 3. The van der Waals surface area contributed by atoms with E-state index in [-0.39, 0.29) is 5.91 Å². The van der Waals surface area contributed by atoms with Crippen LogP contribution in [0.2, 0.25) is 0 Å². The molecule has 0 bridgehead atoms. The lowest BCUT2D eigenvalue weighted by molar-refractivity contribution is 0.0398. The molecule has 2 aliphatic rings. The van der Waals surface area contributed by atoms with E-state index in [0.717, 1.165) is 38.4 Å². The number of anilines is 2. The SMILES string of the molecule is COc1ccc(C2CCCCC2)cc1NC(=O)c1ccc(C)c(Oc2ncccc2-c2ncnc(NCCN3CCOCC3)n2)c1. The number of carbonyl (C=O) groups is 1. The lowest BCUT2D eigenvalue weighted by atomic mass is 9.84. The Labute approximate surface area is 269 Å². The van der Waals surface area contributed by atoms with Crippen LogP contribution in [-0.4, -0.2) is 77.2 Å². The van der Waals surface area contributed by atoms with Crippen molar-refractivity contribution in [3.8, 4) is 28.8 Å². The Kier molecular flexibility index (Phi) is 10.3. The number of methoxy groups -OCH3 is 1. The second-order valence-corrected chi connectivity index (χ2v) is 11.7. The highest BCUT2D eigenvalue weighted by Gasteiger charge is 2.20. The van der Waals surface area contributed by atoms with Crippen LogP contribution in [-0.2, 0) is 4.74 Å². The lowest BCUT2D eigenvalue weighted by Gasteiger charge is -2.26. The summed E-state index contributed by atoms with van der Waals surface area (Å²) in [4.78, 5) is 33.7.